The summed E-state index contributed by atoms with van der Waals surface area (Å²) in [5.41, 5.74) is 7.56. The Bertz CT molecular complexity index is 918. The van der Waals surface area contributed by atoms with Crippen LogP contribution in [-0.2, 0) is 32.2 Å². The Morgan fingerprint density at radius 3 is 2.71 bits per heavy atom. The van der Waals surface area contributed by atoms with Crippen LogP contribution in [0.4, 0.5) is 10.5 Å². The summed E-state index contributed by atoms with van der Waals surface area (Å²) in [6.45, 7) is 1.62. The molecular formula is C21H24N4O2S. The molecule has 2 aliphatic carbocycles. The van der Waals surface area contributed by atoms with E-state index in [1.165, 1.54) is 47.0 Å². The fraction of sp³-hybridized carbons (Fsp3) is 0.429. The molecule has 7 heteroatoms. The fourth-order valence-corrected chi connectivity index (χ4v) is 4.94. The van der Waals surface area contributed by atoms with Crippen LogP contribution in [0, 0.1) is 0 Å². The predicted octanol–water partition coefficient (Wildman–Crippen LogP) is 4.08. The first-order chi connectivity index (χ1) is 13.8. The van der Waals surface area contributed by atoms with E-state index in [4.69, 9.17) is 4.74 Å². The Balaban J connectivity index is 1.23. The molecule has 0 bridgehead atoms. The number of amides is 2. The number of hydrogen-bond donors (Lipinski definition) is 2. The maximum absolute atomic E-state index is 12.5. The van der Waals surface area contributed by atoms with Gasteiger partial charge in [-0.3, -0.25) is 4.72 Å². The summed E-state index contributed by atoms with van der Waals surface area (Å²) in [5.74, 6) is 0.808. The Morgan fingerprint density at radius 1 is 1.14 bits per heavy atom. The molecule has 0 fully saturated rings. The van der Waals surface area contributed by atoms with Crippen molar-refractivity contribution >= 4 is 29.7 Å². The van der Waals surface area contributed by atoms with E-state index in [1.54, 1.807) is 6.20 Å². The van der Waals surface area contributed by atoms with Crippen LogP contribution in [0.3, 0.4) is 0 Å². The molecule has 5 rings (SSSR count). The Kier molecular flexibility index (Phi) is 4.76. The molecule has 28 heavy (non-hydrogen) atoms. The predicted molar refractivity (Wildman–Crippen MR) is 112 cm³/mol. The number of aryl methyl sites for hydroxylation is 3. The molecule has 0 atom stereocenters. The van der Waals surface area contributed by atoms with Crippen LogP contribution in [0.15, 0.2) is 17.7 Å². The third kappa shape index (κ3) is 3.28. The van der Waals surface area contributed by atoms with Crippen LogP contribution in [0.2, 0.25) is 0 Å². The maximum Gasteiger partial charge on any atom is 0.329 e. The van der Waals surface area contributed by atoms with E-state index in [0.717, 1.165) is 62.4 Å². The standard InChI is InChI=1S/C21H24N4O2S/c26-21(24-28-11-8-16-13-22-25-9-3-10-27-20(16)25)23-19-17-6-1-4-14(17)12-15-5-2-7-18(15)19/h8,11-13H,1-7,9-10H2,(H2,23,24,26)/b11-8+. The summed E-state index contributed by atoms with van der Waals surface area (Å²) in [7, 11) is 0. The van der Waals surface area contributed by atoms with E-state index in [9.17, 15) is 4.79 Å². The largest absolute Gasteiger partial charge is 0.477 e. The zero-order valence-corrected chi connectivity index (χ0v) is 16.6. The van der Waals surface area contributed by atoms with Gasteiger partial charge in [0.1, 0.15) is 0 Å². The summed E-state index contributed by atoms with van der Waals surface area (Å²) in [4.78, 5) is 12.5. The number of rotatable bonds is 4. The summed E-state index contributed by atoms with van der Waals surface area (Å²) in [6.07, 6.45) is 11.5. The average molecular weight is 397 g/mol. The van der Waals surface area contributed by atoms with Gasteiger partial charge >= 0.3 is 6.03 Å². The number of nitrogens with one attached hydrogen (secondary N) is 2. The van der Waals surface area contributed by atoms with Crippen molar-refractivity contribution in [3.8, 4) is 5.88 Å². The average Bonchev–Trinajstić information content (AvgIpc) is 3.44. The third-order valence-corrected chi connectivity index (χ3v) is 6.32. The molecule has 2 aromatic rings. The number of carbonyl (C=O) groups excluding carboxylic acids is 1. The normalized spacial score (nSPS) is 17.1. The van der Waals surface area contributed by atoms with Gasteiger partial charge < -0.3 is 10.1 Å². The molecular weight excluding hydrogens is 372 g/mol. The minimum absolute atomic E-state index is 0.169. The molecule has 0 spiro atoms. The van der Waals surface area contributed by atoms with Crippen molar-refractivity contribution in [3.05, 3.63) is 45.5 Å². The lowest BCUT2D eigenvalue weighted by molar-refractivity contribution is 0.230. The molecule has 0 saturated carbocycles. The van der Waals surface area contributed by atoms with Crippen molar-refractivity contribution in [1.29, 1.82) is 0 Å². The fourth-order valence-electron chi connectivity index (χ4n) is 4.50. The number of hydrogen-bond acceptors (Lipinski definition) is 4. The topological polar surface area (TPSA) is 68.2 Å². The van der Waals surface area contributed by atoms with Crippen molar-refractivity contribution in [2.45, 2.75) is 51.5 Å². The molecule has 0 saturated heterocycles. The minimum Gasteiger partial charge on any atom is -0.477 e. The van der Waals surface area contributed by atoms with Crippen molar-refractivity contribution in [2.24, 2.45) is 0 Å². The zero-order valence-electron chi connectivity index (χ0n) is 15.8. The lowest BCUT2D eigenvalue weighted by Crippen LogP contribution is -2.23. The van der Waals surface area contributed by atoms with E-state index < -0.39 is 0 Å². The van der Waals surface area contributed by atoms with Gasteiger partial charge in [-0.1, -0.05) is 6.07 Å². The van der Waals surface area contributed by atoms with Crippen LogP contribution < -0.4 is 14.8 Å². The zero-order chi connectivity index (χ0) is 18.9. The van der Waals surface area contributed by atoms with Crippen molar-refractivity contribution in [1.82, 2.24) is 14.5 Å². The van der Waals surface area contributed by atoms with Crippen molar-refractivity contribution in [2.75, 3.05) is 11.9 Å². The van der Waals surface area contributed by atoms with E-state index in [2.05, 4.69) is 21.2 Å². The van der Waals surface area contributed by atoms with Gasteiger partial charge in [0.15, 0.2) is 0 Å². The second-order valence-electron chi connectivity index (χ2n) is 7.54. The van der Waals surface area contributed by atoms with Gasteiger partial charge in [0.2, 0.25) is 5.88 Å². The number of fused-ring (bicyclic) bond motifs is 3. The molecule has 1 aromatic heterocycles. The Morgan fingerprint density at radius 2 is 1.93 bits per heavy atom. The highest BCUT2D eigenvalue weighted by atomic mass is 32.2. The Labute approximate surface area is 168 Å². The second-order valence-corrected chi connectivity index (χ2v) is 8.25. The monoisotopic (exact) mass is 396 g/mol. The molecule has 2 heterocycles. The lowest BCUT2D eigenvalue weighted by atomic mass is 9.99. The molecule has 2 N–H and O–H groups in total. The van der Waals surface area contributed by atoms with Gasteiger partial charge in [0.05, 0.1) is 18.4 Å². The molecule has 1 aliphatic heterocycles. The summed E-state index contributed by atoms with van der Waals surface area (Å²) in [6, 6.07) is 2.21. The van der Waals surface area contributed by atoms with Gasteiger partial charge in [-0.2, -0.15) is 5.10 Å². The number of anilines is 1. The third-order valence-electron chi connectivity index (χ3n) is 5.75. The number of nitrogens with zero attached hydrogens (tertiary/aromatic N) is 2. The van der Waals surface area contributed by atoms with Crippen LogP contribution in [0.5, 0.6) is 5.88 Å². The summed E-state index contributed by atoms with van der Waals surface area (Å²) in [5, 5.41) is 9.32. The number of urea groups is 1. The number of benzene rings is 1. The molecule has 0 unspecified atom stereocenters. The first kappa shape index (κ1) is 17.7. The van der Waals surface area contributed by atoms with Gasteiger partial charge in [-0.25, -0.2) is 9.48 Å². The molecule has 6 nitrogen and oxygen atoms in total. The molecule has 1 aromatic carbocycles. The summed E-state index contributed by atoms with van der Waals surface area (Å²) >= 11 is 1.26. The SMILES string of the molecule is O=C(NS/C=C/c1cnn2c1OCCC2)Nc1c2c(cc3c1CCC3)CCC2. The van der Waals surface area contributed by atoms with Crippen LogP contribution >= 0.6 is 11.9 Å². The number of aromatic nitrogens is 2. The highest BCUT2D eigenvalue weighted by Gasteiger charge is 2.24. The van der Waals surface area contributed by atoms with Crippen LogP contribution in [0.25, 0.3) is 6.08 Å². The smallest absolute Gasteiger partial charge is 0.329 e. The van der Waals surface area contributed by atoms with E-state index in [1.807, 2.05) is 16.2 Å². The minimum atomic E-state index is -0.169. The maximum atomic E-state index is 12.5. The molecule has 3 aliphatic rings. The molecule has 146 valence electrons. The van der Waals surface area contributed by atoms with Crippen LogP contribution in [0.1, 0.15) is 47.1 Å². The highest BCUT2D eigenvalue weighted by molar-refractivity contribution is 8.00. The number of ether oxygens (including phenoxy) is 1. The summed E-state index contributed by atoms with van der Waals surface area (Å²) < 4.78 is 10.4. The lowest BCUT2D eigenvalue weighted by Gasteiger charge is -2.16. The van der Waals surface area contributed by atoms with Gasteiger partial charge in [-0.05, 0) is 84.2 Å². The first-order valence-electron chi connectivity index (χ1n) is 10.0. The molecule has 2 amide bonds. The Hall–Kier alpha value is -2.41. The van der Waals surface area contributed by atoms with Gasteiger partial charge in [0.25, 0.3) is 0 Å². The van der Waals surface area contributed by atoms with Crippen molar-refractivity contribution in [3.63, 3.8) is 0 Å². The second kappa shape index (κ2) is 7.54. The van der Waals surface area contributed by atoms with E-state index in [-0.39, 0.29) is 6.03 Å². The van der Waals surface area contributed by atoms with Gasteiger partial charge in [0, 0.05) is 18.7 Å². The molecule has 0 radical (unpaired) electrons. The number of carbonyl (C=O) groups is 1. The van der Waals surface area contributed by atoms with E-state index >= 15 is 0 Å². The quantitative estimate of drug-likeness (QED) is 0.764. The van der Waals surface area contributed by atoms with Crippen LogP contribution in [-0.4, -0.2) is 22.4 Å². The van der Waals surface area contributed by atoms with E-state index in [0.29, 0.717) is 0 Å². The highest BCUT2D eigenvalue weighted by Crippen LogP contribution is 2.38. The van der Waals surface area contributed by atoms with Crippen molar-refractivity contribution < 1.29 is 9.53 Å². The first-order valence-corrected chi connectivity index (χ1v) is 10.9. The van der Waals surface area contributed by atoms with Gasteiger partial charge in [-0.15, -0.1) is 0 Å².